The molecule has 2 aromatic rings. The van der Waals surface area contributed by atoms with Gasteiger partial charge in [-0.25, -0.2) is 4.98 Å². The summed E-state index contributed by atoms with van der Waals surface area (Å²) in [6.45, 7) is 4.51. The molecule has 0 bridgehead atoms. The molecule has 6 heteroatoms. The van der Waals surface area contributed by atoms with E-state index in [9.17, 15) is 14.7 Å². The normalized spacial score (nSPS) is 19.2. The molecular formula is C26H29N3O3. The van der Waals surface area contributed by atoms with Gasteiger partial charge in [0.2, 0.25) is 5.78 Å². The van der Waals surface area contributed by atoms with E-state index in [1.54, 1.807) is 0 Å². The van der Waals surface area contributed by atoms with Crippen molar-refractivity contribution in [2.75, 3.05) is 0 Å². The standard InChI is InChI=1S/C26H29N3O3/c1-25(2)11-7-17(8-12-25)21-14-19(26(24(31)32)9-3-4-10-26)6-5-18(21)13-22(30)23-28-16-20(15-27)29-23/h5-7,14,16H,3-4,8-13H2,1-2H3,(H,28,29)(H,31,32). The quantitative estimate of drug-likeness (QED) is 0.612. The van der Waals surface area contributed by atoms with Crippen LogP contribution in [0, 0.1) is 16.7 Å². The fraction of sp³-hybridized carbons (Fsp3) is 0.462. The van der Waals surface area contributed by atoms with Gasteiger partial charge in [0.05, 0.1) is 11.6 Å². The van der Waals surface area contributed by atoms with E-state index in [1.165, 1.54) is 11.8 Å². The first-order chi connectivity index (χ1) is 15.2. The van der Waals surface area contributed by atoms with E-state index in [1.807, 2.05) is 24.3 Å². The number of H-pyrrole nitrogens is 1. The summed E-state index contributed by atoms with van der Waals surface area (Å²) in [7, 11) is 0. The molecule has 2 N–H and O–H groups in total. The van der Waals surface area contributed by atoms with Gasteiger partial charge in [0.15, 0.2) is 5.82 Å². The number of aliphatic carboxylic acids is 1. The summed E-state index contributed by atoms with van der Waals surface area (Å²) in [6.07, 6.45) is 9.78. The van der Waals surface area contributed by atoms with Crippen molar-refractivity contribution >= 4 is 17.3 Å². The van der Waals surface area contributed by atoms with Crippen LogP contribution in [0.3, 0.4) is 0 Å². The van der Waals surface area contributed by atoms with E-state index >= 15 is 0 Å². The van der Waals surface area contributed by atoms with E-state index in [0.717, 1.165) is 48.8 Å². The number of nitriles is 1. The highest BCUT2D eigenvalue weighted by molar-refractivity contribution is 5.95. The molecule has 0 radical (unpaired) electrons. The van der Waals surface area contributed by atoms with Crippen molar-refractivity contribution < 1.29 is 14.7 Å². The van der Waals surface area contributed by atoms with Crippen LogP contribution in [0.25, 0.3) is 5.57 Å². The molecular weight excluding hydrogens is 402 g/mol. The lowest BCUT2D eigenvalue weighted by Crippen LogP contribution is -2.32. The molecule has 6 nitrogen and oxygen atoms in total. The second-order valence-corrected chi connectivity index (χ2v) is 9.92. The minimum Gasteiger partial charge on any atom is -0.481 e. The van der Waals surface area contributed by atoms with Gasteiger partial charge in [0.1, 0.15) is 11.8 Å². The number of carbonyl (C=O) groups is 2. The Labute approximate surface area is 188 Å². The number of imidazole rings is 1. The number of aromatic nitrogens is 2. The zero-order valence-electron chi connectivity index (χ0n) is 18.7. The first kappa shape index (κ1) is 22.0. The molecule has 2 aliphatic carbocycles. The van der Waals surface area contributed by atoms with Crippen LogP contribution < -0.4 is 0 Å². The van der Waals surface area contributed by atoms with Gasteiger partial charge in [0, 0.05) is 6.42 Å². The molecule has 1 aromatic carbocycles. The van der Waals surface area contributed by atoms with Gasteiger partial charge in [0.25, 0.3) is 0 Å². The van der Waals surface area contributed by atoms with E-state index in [4.69, 9.17) is 5.26 Å². The van der Waals surface area contributed by atoms with Crippen LogP contribution in [-0.4, -0.2) is 26.8 Å². The average Bonchev–Trinajstić information content (AvgIpc) is 3.45. The molecule has 0 spiro atoms. The van der Waals surface area contributed by atoms with Crippen LogP contribution in [-0.2, 0) is 16.6 Å². The summed E-state index contributed by atoms with van der Waals surface area (Å²) in [5.74, 6) is -0.776. The summed E-state index contributed by atoms with van der Waals surface area (Å²) in [5.41, 5.74) is 3.53. The Kier molecular flexibility index (Phi) is 5.77. The molecule has 166 valence electrons. The topological polar surface area (TPSA) is 107 Å². The molecule has 1 saturated carbocycles. The third kappa shape index (κ3) is 4.12. The minimum absolute atomic E-state index is 0.148. The number of allylic oxidation sites excluding steroid dienone is 2. The monoisotopic (exact) mass is 431 g/mol. The van der Waals surface area contributed by atoms with E-state index < -0.39 is 11.4 Å². The second kappa shape index (κ2) is 8.38. The van der Waals surface area contributed by atoms with Crippen LogP contribution in [0.1, 0.15) is 91.8 Å². The number of rotatable bonds is 6. The number of carboxylic acids is 1. The molecule has 0 saturated heterocycles. The lowest BCUT2D eigenvalue weighted by Gasteiger charge is -2.30. The zero-order valence-corrected chi connectivity index (χ0v) is 18.7. The Bertz CT molecular complexity index is 1130. The number of hydrogen-bond donors (Lipinski definition) is 2. The molecule has 0 atom stereocenters. The molecule has 0 amide bonds. The number of nitrogens with one attached hydrogen (secondary N) is 1. The molecule has 0 unspecified atom stereocenters. The maximum Gasteiger partial charge on any atom is 0.314 e. The number of nitrogens with zero attached hydrogens (tertiary/aromatic N) is 2. The molecule has 32 heavy (non-hydrogen) atoms. The summed E-state index contributed by atoms with van der Waals surface area (Å²) < 4.78 is 0. The lowest BCUT2D eigenvalue weighted by atomic mass is 9.74. The number of aromatic amines is 1. The summed E-state index contributed by atoms with van der Waals surface area (Å²) >= 11 is 0. The highest BCUT2D eigenvalue weighted by atomic mass is 16.4. The van der Waals surface area contributed by atoms with E-state index in [2.05, 4.69) is 29.9 Å². The van der Waals surface area contributed by atoms with Gasteiger partial charge in [-0.1, -0.05) is 51.0 Å². The number of carboxylic acid groups (broad SMARTS) is 1. The highest BCUT2D eigenvalue weighted by Gasteiger charge is 2.43. The fourth-order valence-electron chi connectivity index (χ4n) is 5.03. The maximum absolute atomic E-state index is 12.9. The molecule has 2 aliphatic rings. The first-order valence-corrected chi connectivity index (χ1v) is 11.3. The number of carbonyl (C=O) groups excluding carboxylic acids is 1. The third-order valence-corrected chi connectivity index (χ3v) is 7.16. The summed E-state index contributed by atoms with van der Waals surface area (Å²) in [6, 6.07) is 7.79. The van der Waals surface area contributed by atoms with Crippen molar-refractivity contribution in [1.82, 2.24) is 9.97 Å². The fourth-order valence-corrected chi connectivity index (χ4v) is 5.03. The minimum atomic E-state index is -0.839. The van der Waals surface area contributed by atoms with Gasteiger partial charge in [-0.2, -0.15) is 5.26 Å². The largest absolute Gasteiger partial charge is 0.481 e. The average molecular weight is 432 g/mol. The van der Waals surface area contributed by atoms with Crippen LogP contribution in [0.15, 0.2) is 30.5 Å². The van der Waals surface area contributed by atoms with Crippen LogP contribution >= 0.6 is 0 Å². The molecule has 1 aromatic heterocycles. The van der Waals surface area contributed by atoms with Gasteiger partial charge < -0.3 is 10.1 Å². The Morgan fingerprint density at radius 1 is 1.22 bits per heavy atom. The number of benzene rings is 1. The van der Waals surface area contributed by atoms with Gasteiger partial charge in [-0.3, -0.25) is 9.59 Å². The van der Waals surface area contributed by atoms with Crippen molar-refractivity contribution in [1.29, 1.82) is 5.26 Å². The van der Waals surface area contributed by atoms with E-state index in [0.29, 0.717) is 12.8 Å². The molecule has 4 rings (SSSR count). The second-order valence-electron chi connectivity index (χ2n) is 9.92. The van der Waals surface area contributed by atoms with Crippen molar-refractivity contribution in [2.45, 2.75) is 70.6 Å². The smallest absolute Gasteiger partial charge is 0.314 e. The predicted octanol–water partition coefficient (Wildman–Crippen LogP) is 5.20. The van der Waals surface area contributed by atoms with Crippen LogP contribution in [0.2, 0.25) is 0 Å². The number of ketones is 1. The van der Waals surface area contributed by atoms with Crippen LogP contribution in [0.4, 0.5) is 0 Å². The van der Waals surface area contributed by atoms with Crippen molar-refractivity contribution in [3.05, 3.63) is 58.7 Å². The molecule has 0 aliphatic heterocycles. The number of hydrogen-bond acceptors (Lipinski definition) is 4. The van der Waals surface area contributed by atoms with Crippen molar-refractivity contribution in [2.24, 2.45) is 5.41 Å². The van der Waals surface area contributed by atoms with Gasteiger partial charge in [-0.05, 0) is 59.8 Å². The Morgan fingerprint density at radius 3 is 2.56 bits per heavy atom. The Hall–Kier alpha value is -3.20. The zero-order chi connectivity index (χ0) is 22.9. The van der Waals surface area contributed by atoms with Gasteiger partial charge >= 0.3 is 5.97 Å². The first-order valence-electron chi connectivity index (χ1n) is 11.3. The Morgan fingerprint density at radius 2 is 1.97 bits per heavy atom. The SMILES string of the molecule is CC1(C)CC=C(c2cc(C3(C(=O)O)CCCC3)ccc2CC(=O)c2ncc(C#N)[nH]2)CC1. The summed E-state index contributed by atoms with van der Waals surface area (Å²) in [5, 5.41) is 19.1. The summed E-state index contributed by atoms with van der Waals surface area (Å²) in [4.78, 5) is 31.9. The maximum atomic E-state index is 12.9. The third-order valence-electron chi connectivity index (χ3n) is 7.16. The lowest BCUT2D eigenvalue weighted by molar-refractivity contribution is -0.143. The predicted molar refractivity (Wildman–Crippen MR) is 121 cm³/mol. The Balaban J connectivity index is 1.74. The van der Waals surface area contributed by atoms with E-state index in [-0.39, 0.29) is 29.1 Å². The van der Waals surface area contributed by atoms with Crippen molar-refractivity contribution in [3.63, 3.8) is 0 Å². The number of Topliss-reactive ketones (excluding diaryl/α,β-unsaturated/α-hetero) is 1. The molecule has 1 fully saturated rings. The van der Waals surface area contributed by atoms with Gasteiger partial charge in [-0.15, -0.1) is 0 Å². The highest BCUT2D eigenvalue weighted by Crippen LogP contribution is 2.44. The molecule has 1 heterocycles. The van der Waals surface area contributed by atoms with Crippen molar-refractivity contribution in [3.8, 4) is 6.07 Å². The van der Waals surface area contributed by atoms with Crippen LogP contribution in [0.5, 0.6) is 0 Å².